The minimum atomic E-state index is 0. The molecule has 1 aromatic heterocycles. The Balaban J connectivity index is 0.00000147. The summed E-state index contributed by atoms with van der Waals surface area (Å²) in [6.07, 6.45) is 4.36. The lowest BCUT2D eigenvalue weighted by Crippen LogP contribution is -2.40. The number of rotatable bonds is 3. The minimum Gasteiger partial charge on any atom is -0.317 e. The standard InChI is InChI=1S/C16H21N3.ClH/c1-19(15-6-9-17-10-7-15)12-13-4-5-16-14(11-13)3-2-8-18-16;/h2-5,8,11,15,17H,6-7,9-10,12H2,1H3;1H. The van der Waals surface area contributed by atoms with E-state index in [1.165, 1.54) is 23.8 Å². The molecule has 0 atom stereocenters. The average molecular weight is 292 g/mol. The molecule has 20 heavy (non-hydrogen) atoms. The zero-order valence-corrected chi connectivity index (χ0v) is 12.7. The molecule has 1 aromatic carbocycles. The monoisotopic (exact) mass is 291 g/mol. The van der Waals surface area contributed by atoms with Gasteiger partial charge in [0.1, 0.15) is 0 Å². The van der Waals surface area contributed by atoms with Crippen molar-refractivity contribution in [3.05, 3.63) is 42.1 Å². The SMILES string of the molecule is CN(Cc1ccc2ncccc2c1)C1CCNCC1.Cl. The number of halogens is 1. The smallest absolute Gasteiger partial charge is 0.0702 e. The lowest BCUT2D eigenvalue weighted by Gasteiger charge is -2.31. The predicted molar refractivity (Wildman–Crippen MR) is 86.3 cm³/mol. The van der Waals surface area contributed by atoms with E-state index in [0.29, 0.717) is 6.04 Å². The topological polar surface area (TPSA) is 28.2 Å². The van der Waals surface area contributed by atoms with Gasteiger partial charge in [0.05, 0.1) is 5.52 Å². The zero-order chi connectivity index (χ0) is 13.1. The first kappa shape index (κ1) is 15.2. The van der Waals surface area contributed by atoms with Gasteiger partial charge in [-0.15, -0.1) is 12.4 Å². The van der Waals surface area contributed by atoms with Crippen LogP contribution in [0.5, 0.6) is 0 Å². The molecule has 0 saturated carbocycles. The molecule has 0 spiro atoms. The van der Waals surface area contributed by atoms with Crippen LogP contribution in [-0.2, 0) is 6.54 Å². The summed E-state index contributed by atoms with van der Waals surface area (Å²) in [7, 11) is 2.24. The zero-order valence-electron chi connectivity index (χ0n) is 11.9. The molecule has 0 bridgehead atoms. The largest absolute Gasteiger partial charge is 0.317 e. The Morgan fingerprint density at radius 2 is 2.05 bits per heavy atom. The quantitative estimate of drug-likeness (QED) is 0.942. The van der Waals surface area contributed by atoms with Crippen LogP contribution in [0.1, 0.15) is 18.4 Å². The fourth-order valence-electron chi connectivity index (χ4n) is 2.89. The molecule has 1 fully saturated rings. The highest BCUT2D eigenvalue weighted by Crippen LogP contribution is 2.17. The molecule has 0 aliphatic carbocycles. The van der Waals surface area contributed by atoms with E-state index in [1.807, 2.05) is 12.3 Å². The summed E-state index contributed by atoms with van der Waals surface area (Å²) < 4.78 is 0. The fourth-order valence-corrected chi connectivity index (χ4v) is 2.89. The van der Waals surface area contributed by atoms with E-state index in [2.05, 4.69) is 46.5 Å². The second-order valence-corrected chi connectivity index (χ2v) is 5.43. The Hall–Kier alpha value is -1.16. The van der Waals surface area contributed by atoms with Gasteiger partial charge in [-0.05, 0) is 56.7 Å². The number of piperidine rings is 1. The first-order valence-electron chi connectivity index (χ1n) is 7.07. The average Bonchev–Trinajstić information content (AvgIpc) is 2.48. The van der Waals surface area contributed by atoms with Crippen LogP contribution in [-0.4, -0.2) is 36.1 Å². The Kier molecular flexibility index (Phi) is 5.35. The molecular formula is C16H22ClN3. The molecule has 2 heterocycles. The van der Waals surface area contributed by atoms with Crippen molar-refractivity contribution in [2.45, 2.75) is 25.4 Å². The van der Waals surface area contributed by atoms with Crippen molar-refractivity contribution in [1.82, 2.24) is 15.2 Å². The highest BCUT2D eigenvalue weighted by molar-refractivity contribution is 5.85. The maximum atomic E-state index is 4.37. The number of hydrogen-bond donors (Lipinski definition) is 1. The van der Waals surface area contributed by atoms with E-state index in [4.69, 9.17) is 0 Å². The van der Waals surface area contributed by atoms with E-state index in [0.717, 1.165) is 25.2 Å². The Morgan fingerprint density at radius 1 is 1.25 bits per heavy atom. The minimum absolute atomic E-state index is 0. The second-order valence-electron chi connectivity index (χ2n) is 5.43. The van der Waals surface area contributed by atoms with Gasteiger partial charge < -0.3 is 5.32 Å². The van der Waals surface area contributed by atoms with Gasteiger partial charge in [-0.2, -0.15) is 0 Å². The van der Waals surface area contributed by atoms with Gasteiger partial charge in [0.2, 0.25) is 0 Å². The van der Waals surface area contributed by atoms with Crippen molar-refractivity contribution in [1.29, 1.82) is 0 Å². The number of nitrogens with one attached hydrogen (secondary N) is 1. The van der Waals surface area contributed by atoms with Crippen molar-refractivity contribution in [2.24, 2.45) is 0 Å². The summed E-state index contributed by atoms with van der Waals surface area (Å²) in [6.45, 7) is 3.32. The molecule has 108 valence electrons. The summed E-state index contributed by atoms with van der Waals surface area (Å²) in [5.41, 5.74) is 2.46. The number of hydrogen-bond acceptors (Lipinski definition) is 3. The Morgan fingerprint density at radius 3 is 2.85 bits per heavy atom. The molecule has 3 nitrogen and oxygen atoms in total. The summed E-state index contributed by atoms with van der Waals surface area (Å²) in [5, 5.41) is 4.66. The van der Waals surface area contributed by atoms with Crippen molar-refractivity contribution < 1.29 is 0 Å². The van der Waals surface area contributed by atoms with E-state index >= 15 is 0 Å². The first-order valence-corrected chi connectivity index (χ1v) is 7.07. The van der Waals surface area contributed by atoms with Crippen LogP contribution in [0.25, 0.3) is 10.9 Å². The highest BCUT2D eigenvalue weighted by Gasteiger charge is 2.17. The van der Waals surface area contributed by atoms with Crippen molar-refractivity contribution in [3.63, 3.8) is 0 Å². The van der Waals surface area contributed by atoms with Crippen LogP contribution in [0.4, 0.5) is 0 Å². The van der Waals surface area contributed by atoms with Crippen LogP contribution in [0.3, 0.4) is 0 Å². The van der Waals surface area contributed by atoms with E-state index in [1.54, 1.807) is 0 Å². The van der Waals surface area contributed by atoms with E-state index in [-0.39, 0.29) is 12.4 Å². The fraction of sp³-hybridized carbons (Fsp3) is 0.438. The van der Waals surface area contributed by atoms with Gasteiger partial charge in [0.25, 0.3) is 0 Å². The van der Waals surface area contributed by atoms with Crippen LogP contribution >= 0.6 is 12.4 Å². The molecular weight excluding hydrogens is 270 g/mol. The molecule has 0 unspecified atom stereocenters. The summed E-state index contributed by atoms with van der Waals surface area (Å²) in [4.78, 5) is 6.85. The third-order valence-corrected chi connectivity index (χ3v) is 4.03. The third kappa shape index (κ3) is 3.48. The molecule has 1 saturated heterocycles. The number of fused-ring (bicyclic) bond motifs is 1. The highest BCUT2D eigenvalue weighted by atomic mass is 35.5. The summed E-state index contributed by atoms with van der Waals surface area (Å²) in [5.74, 6) is 0. The lowest BCUT2D eigenvalue weighted by atomic mass is 10.0. The van der Waals surface area contributed by atoms with Gasteiger partial charge in [-0.1, -0.05) is 12.1 Å². The molecule has 1 aliphatic rings. The molecule has 0 radical (unpaired) electrons. The van der Waals surface area contributed by atoms with Crippen LogP contribution in [0.2, 0.25) is 0 Å². The predicted octanol–water partition coefficient (Wildman–Crippen LogP) is 2.84. The van der Waals surface area contributed by atoms with Crippen LogP contribution in [0, 0.1) is 0 Å². The molecule has 1 aliphatic heterocycles. The van der Waals surface area contributed by atoms with Gasteiger partial charge in [-0.3, -0.25) is 9.88 Å². The summed E-state index contributed by atoms with van der Waals surface area (Å²) >= 11 is 0. The van der Waals surface area contributed by atoms with Crippen molar-refractivity contribution in [3.8, 4) is 0 Å². The van der Waals surface area contributed by atoms with Gasteiger partial charge in [0.15, 0.2) is 0 Å². The van der Waals surface area contributed by atoms with Crippen molar-refractivity contribution in [2.75, 3.05) is 20.1 Å². The molecule has 3 rings (SSSR count). The van der Waals surface area contributed by atoms with Crippen molar-refractivity contribution >= 4 is 23.3 Å². The third-order valence-electron chi connectivity index (χ3n) is 4.03. The maximum absolute atomic E-state index is 4.37. The number of pyridine rings is 1. The number of benzene rings is 1. The Bertz CT molecular complexity index is 552. The number of aromatic nitrogens is 1. The molecule has 2 aromatic rings. The maximum Gasteiger partial charge on any atom is 0.0702 e. The van der Waals surface area contributed by atoms with E-state index in [9.17, 15) is 0 Å². The van der Waals surface area contributed by atoms with Gasteiger partial charge >= 0.3 is 0 Å². The molecule has 1 N–H and O–H groups in total. The Labute approximate surface area is 126 Å². The normalized spacial score (nSPS) is 16.3. The number of nitrogens with zero attached hydrogens (tertiary/aromatic N) is 2. The van der Waals surface area contributed by atoms with Gasteiger partial charge in [0, 0.05) is 24.2 Å². The first-order chi connectivity index (χ1) is 9.33. The van der Waals surface area contributed by atoms with E-state index < -0.39 is 0 Å². The van der Waals surface area contributed by atoms with Crippen LogP contribution in [0.15, 0.2) is 36.5 Å². The van der Waals surface area contributed by atoms with Gasteiger partial charge in [-0.25, -0.2) is 0 Å². The van der Waals surface area contributed by atoms with Crippen LogP contribution < -0.4 is 5.32 Å². The lowest BCUT2D eigenvalue weighted by molar-refractivity contribution is 0.192. The molecule has 0 amide bonds. The summed E-state index contributed by atoms with van der Waals surface area (Å²) in [6, 6.07) is 11.4. The molecule has 4 heteroatoms. The second kappa shape index (κ2) is 7.02.